The molecule has 5 heteroatoms. The molecule has 1 aliphatic rings. The molecule has 1 aromatic heterocycles. The van der Waals surface area contributed by atoms with E-state index in [1.807, 2.05) is 43.3 Å². The van der Waals surface area contributed by atoms with Crippen molar-refractivity contribution in [2.24, 2.45) is 5.92 Å². The number of aryl methyl sites for hydroxylation is 1. The summed E-state index contributed by atoms with van der Waals surface area (Å²) in [7, 11) is 0. The van der Waals surface area contributed by atoms with Crippen molar-refractivity contribution in [2.75, 3.05) is 11.6 Å². The van der Waals surface area contributed by atoms with Crippen LogP contribution in [0.4, 0.5) is 5.69 Å². The zero-order valence-corrected chi connectivity index (χ0v) is 17.4. The number of carbonyl (C=O) groups excluding carboxylic acids is 1. The lowest BCUT2D eigenvalue weighted by Gasteiger charge is -2.23. The Morgan fingerprint density at radius 2 is 2.18 bits per heavy atom. The third kappa shape index (κ3) is 4.78. The van der Waals surface area contributed by atoms with Crippen molar-refractivity contribution in [3.63, 3.8) is 0 Å². The van der Waals surface area contributed by atoms with E-state index in [9.17, 15) is 4.79 Å². The van der Waals surface area contributed by atoms with Crippen molar-refractivity contribution in [2.45, 2.75) is 46.6 Å². The molecule has 1 aromatic rings. The molecule has 1 aliphatic heterocycles. The number of hydrogen-bond acceptors (Lipinski definition) is 5. The van der Waals surface area contributed by atoms with Gasteiger partial charge in [-0.25, -0.2) is 10.2 Å². The summed E-state index contributed by atoms with van der Waals surface area (Å²) in [5, 5.41) is 1.88. The molecule has 0 aromatic carbocycles. The van der Waals surface area contributed by atoms with E-state index >= 15 is 0 Å². The largest absolute Gasteiger partial charge is 0.465 e. The highest BCUT2D eigenvalue weighted by atomic mass is 16.5. The zero-order chi connectivity index (χ0) is 20.7. The molecule has 0 fully saturated rings. The van der Waals surface area contributed by atoms with Gasteiger partial charge in [-0.05, 0) is 55.9 Å². The van der Waals surface area contributed by atoms with Crippen LogP contribution in [0.2, 0.25) is 0 Å². The van der Waals surface area contributed by atoms with Gasteiger partial charge in [-0.1, -0.05) is 45.2 Å². The van der Waals surface area contributed by atoms with Gasteiger partial charge in [-0.15, -0.1) is 0 Å². The van der Waals surface area contributed by atoms with E-state index in [2.05, 4.69) is 43.5 Å². The van der Waals surface area contributed by atoms with Gasteiger partial charge in [0.15, 0.2) is 0 Å². The standard InChI is InChI=1S/C23H31N3O2/c1-7-11-16(5)14-20-21(23(27)28-10-4)25-26(22(20)17(6)8-2)19-13-12-18(9-3)24-15-19/h7-8,11-13,15-16,21,25H,2,6,9-10,14H2,1,3-5H3/b11-7-. The molecule has 150 valence electrons. The van der Waals surface area contributed by atoms with E-state index in [0.717, 1.165) is 34.6 Å². The Balaban J connectivity index is 2.54. The Hall–Kier alpha value is -2.66. The molecule has 0 amide bonds. The maximum absolute atomic E-state index is 12.7. The number of nitrogens with one attached hydrogen (secondary N) is 1. The number of nitrogens with zero attached hydrogens (tertiary/aromatic N) is 2. The monoisotopic (exact) mass is 381 g/mol. The summed E-state index contributed by atoms with van der Waals surface area (Å²) >= 11 is 0. The van der Waals surface area contributed by atoms with Crippen LogP contribution >= 0.6 is 0 Å². The van der Waals surface area contributed by atoms with Gasteiger partial charge in [-0.3, -0.25) is 9.99 Å². The predicted molar refractivity (Wildman–Crippen MR) is 115 cm³/mol. The first-order chi connectivity index (χ1) is 13.5. The van der Waals surface area contributed by atoms with Crippen LogP contribution in [0.25, 0.3) is 0 Å². The number of aromatic nitrogens is 1. The highest BCUT2D eigenvalue weighted by Gasteiger charge is 2.38. The van der Waals surface area contributed by atoms with Gasteiger partial charge in [0.25, 0.3) is 0 Å². The van der Waals surface area contributed by atoms with E-state index in [1.165, 1.54) is 0 Å². The summed E-state index contributed by atoms with van der Waals surface area (Å²) in [6.45, 7) is 16.4. The van der Waals surface area contributed by atoms with Crippen molar-refractivity contribution in [3.05, 3.63) is 72.3 Å². The van der Waals surface area contributed by atoms with Crippen molar-refractivity contribution in [1.82, 2.24) is 10.4 Å². The van der Waals surface area contributed by atoms with Gasteiger partial charge in [0.05, 0.1) is 24.2 Å². The molecule has 0 bridgehead atoms. The van der Waals surface area contributed by atoms with Crippen molar-refractivity contribution in [1.29, 1.82) is 0 Å². The molecule has 0 aliphatic carbocycles. The van der Waals surface area contributed by atoms with Crippen LogP contribution in [0, 0.1) is 5.92 Å². The summed E-state index contributed by atoms with van der Waals surface area (Å²) in [6, 6.07) is 3.42. The van der Waals surface area contributed by atoms with E-state index < -0.39 is 6.04 Å². The van der Waals surface area contributed by atoms with Crippen molar-refractivity contribution < 1.29 is 9.53 Å². The number of rotatable bonds is 9. The van der Waals surface area contributed by atoms with Gasteiger partial charge >= 0.3 is 5.97 Å². The van der Waals surface area contributed by atoms with E-state index in [4.69, 9.17) is 4.74 Å². The normalized spacial score (nSPS) is 17.9. The van der Waals surface area contributed by atoms with Crippen LogP contribution in [0.15, 0.2) is 66.6 Å². The fraction of sp³-hybridized carbons (Fsp3) is 0.391. The average Bonchev–Trinajstić information content (AvgIpc) is 3.07. The van der Waals surface area contributed by atoms with Gasteiger partial charge in [0.1, 0.15) is 6.04 Å². The highest BCUT2D eigenvalue weighted by molar-refractivity contribution is 5.83. The maximum atomic E-state index is 12.7. The van der Waals surface area contributed by atoms with E-state index in [0.29, 0.717) is 13.0 Å². The van der Waals surface area contributed by atoms with Crippen LogP contribution in [0.1, 0.15) is 39.8 Å². The summed E-state index contributed by atoms with van der Waals surface area (Å²) in [5.41, 5.74) is 7.72. The molecule has 0 saturated heterocycles. The Morgan fingerprint density at radius 3 is 2.71 bits per heavy atom. The second kappa shape index (κ2) is 10.0. The molecule has 0 spiro atoms. The van der Waals surface area contributed by atoms with Crippen LogP contribution < -0.4 is 10.4 Å². The Morgan fingerprint density at radius 1 is 1.43 bits per heavy atom. The average molecular weight is 382 g/mol. The zero-order valence-electron chi connectivity index (χ0n) is 17.4. The quantitative estimate of drug-likeness (QED) is 0.388. The van der Waals surface area contributed by atoms with Crippen LogP contribution in [0.5, 0.6) is 0 Å². The number of ether oxygens (including phenoxy) is 1. The Labute approximate surface area is 168 Å². The van der Waals surface area contributed by atoms with Crippen LogP contribution in [0.3, 0.4) is 0 Å². The molecule has 2 atom stereocenters. The molecule has 2 heterocycles. The van der Waals surface area contributed by atoms with Gasteiger partial charge in [-0.2, -0.15) is 0 Å². The molecule has 1 N–H and O–H groups in total. The topological polar surface area (TPSA) is 54.5 Å². The van der Waals surface area contributed by atoms with Gasteiger partial charge < -0.3 is 4.74 Å². The first kappa shape index (κ1) is 21.6. The minimum Gasteiger partial charge on any atom is -0.465 e. The number of hydrogen-bond donors (Lipinski definition) is 1. The maximum Gasteiger partial charge on any atom is 0.329 e. The van der Waals surface area contributed by atoms with Crippen LogP contribution in [-0.4, -0.2) is 23.6 Å². The lowest BCUT2D eigenvalue weighted by atomic mass is 9.92. The lowest BCUT2D eigenvalue weighted by Crippen LogP contribution is -2.43. The summed E-state index contributed by atoms with van der Waals surface area (Å²) in [5.74, 6) is -0.0212. The fourth-order valence-electron chi connectivity index (χ4n) is 3.34. The number of esters is 1. The number of hydrazine groups is 1. The molecule has 5 nitrogen and oxygen atoms in total. The molecule has 2 rings (SSSR count). The first-order valence-corrected chi connectivity index (χ1v) is 9.82. The number of allylic oxidation sites excluding steroid dienone is 3. The van der Waals surface area contributed by atoms with E-state index in [1.54, 1.807) is 6.08 Å². The van der Waals surface area contributed by atoms with Gasteiger partial charge in [0, 0.05) is 5.69 Å². The molecule has 0 saturated carbocycles. The van der Waals surface area contributed by atoms with Gasteiger partial charge in [0.2, 0.25) is 0 Å². The van der Waals surface area contributed by atoms with Crippen LogP contribution in [-0.2, 0) is 16.0 Å². The summed E-state index contributed by atoms with van der Waals surface area (Å²) in [6.07, 6.45) is 9.26. The first-order valence-electron chi connectivity index (χ1n) is 9.82. The number of pyridine rings is 1. The molecule has 2 unspecified atom stereocenters. The number of anilines is 1. The molecular weight excluding hydrogens is 350 g/mol. The molecule has 0 radical (unpaired) electrons. The summed E-state index contributed by atoms with van der Waals surface area (Å²) < 4.78 is 5.33. The minimum atomic E-state index is -0.565. The third-order valence-corrected chi connectivity index (χ3v) is 4.70. The molecular formula is C23H31N3O2. The van der Waals surface area contributed by atoms with Crippen molar-refractivity contribution in [3.8, 4) is 0 Å². The second-order valence-electron chi connectivity index (χ2n) is 6.82. The number of carbonyl (C=O) groups is 1. The minimum absolute atomic E-state index is 0.270. The predicted octanol–water partition coefficient (Wildman–Crippen LogP) is 4.50. The SMILES string of the molecule is C=CC(=C)C1=C(CC(C)/C=C\C)C(C(=O)OCC)NN1c1ccc(CC)nc1. The lowest BCUT2D eigenvalue weighted by molar-refractivity contribution is -0.144. The summed E-state index contributed by atoms with van der Waals surface area (Å²) in [4.78, 5) is 17.2. The Kier molecular flexibility index (Phi) is 7.76. The molecule has 28 heavy (non-hydrogen) atoms. The fourth-order valence-corrected chi connectivity index (χ4v) is 3.34. The van der Waals surface area contributed by atoms with E-state index in [-0.39, 0.29) is 11.9 Å². The third-order valence-electron chi connectivity index (χ3n) is 4.70. The van der Waals surface area contributed by atoms with Crippen molar-refractivity contribution >= 4 is 11.7 Å². The second-order valence-corrected chi connectivity index (χ2v) is 6.82. The highest BCUT2D eigenvalue weighted by Crippen LogP contribution is 2.35. The smallest absolute Gasteiger partial charge is 0.329 e. The Bertz CT molecular complexity index is 778.